The monoisotopic (exact) mass is 358 g/mol. The van der Waals surface area contributed by atoms with Crippen LogP contribution in [-0.4, -0.2) is 18.9 Å². The molecule has 1 amide bonds. The van der Waals surface area contributed by atoms with Gasteiger partial charge in [0.1, 0.15) is 0 Å². The summed E-state index contributed by atoms with van der Waals surface area (Å²) in [4.78, 5) is 18.5. The van der Waals surface area contributed by atoms with Crippen molar-refractivity contribution < 1.29 is 4.79 Å². The Kier molecular flexibility index (Phi) is 7.47. The van der Waals surface area contributed by atoms with Crippen LogP contribution in [0.5, 0.6) is 0 Å². The van der Waals surface area contributed by atoms with Gasteiger partial charge in [-0.25, -0.2) is 0 Å². The fourth-order valence-corrected chi connectivity index (χ4v) is 3.20. The Hall–Kier alpha value is -2.34. The second-order valence-electron chi connectivity index (χ2n) is 5.79. The summed E-state index contributed by atoms with van der Waals surface area (Å²) in [6, 6.07) is 12.1. The van der Waals surface area contributed by atoms with Gasteiger partial charge >= 0.3 is 0 Å². The molecular formula is C19H26N4OS. The second-order valence-corrected chi connectivity index (χ2v) is 7.16. The lowest BCUT2D eigenvalue weighted by atomic mass is 10.2. The third kappa shape index (κ3) is 6.58. The number of nitrogens with zero attached hydrogens (tertiary/aromatic N) is 1. The van der Waals surface area contributed by atoms with E-state index in [4.69, 9.17) is 0 Å². The van der Waals surface area contributed by atoms with E-state index in [9.17, 15) is 4.79 Å². The molecule has 0 aliphatic carbocycles. The molecule has 0 spiro atoms. The van der Waals surface area contributed by atoms with E-state index >= 15 is 0 Å². The molecule has 0 bridgehead atoms. The molecule has 0 aliphatic rings. The van der Waals surface area contributed by atoms with Crippen LogP contribution >= 0.6 is 11.3 Å². The Morgan fingerprint density at radius 2 is 1.96 bits per heavy atom. The van der Waals surface area contributed by atoms with E-state index in [0.29, 0.717) is 13.0 Å². The Bertz CT molecular complexity index is 724. The molecule has 5 nitrogen and oxygen atoms in total. The van der Waals surface area contributed by atoms with Crippen LogP contribution in [0.1, 0.15) is 35.1 Å². The number of carbonyl (C=O) groups excluding carboxylic acids is 1. The van der Waals surface area contributed by atoms with Crippen molar-refractivity contribution in [3.63, 3.8) is 0 Å². The van der Waals surface area contributed by atoms with Gasteiger partial charge in [0.2, 0.25) is 5.91 Å². The van der Waals surface area contributed by atoms with Crippen molar-refractivity contribution in [1.29, 1.82) is 0 Å². The number of hydrogen-bond acceptors (Lipinski definition) is 3. The van der Waals surface area contributed by atoms with Gasteiger partial charge in [-0.05, 0) is 43.2 Å². The van der Waals surface area contributed by atoms with Gasteiger partial charge in [0.15, 0.2) is 5.96 Å². The van der Waals surface area contributed by atoms with Crippen LogP contribution in [-0.2, 0) is 17.9 Å². The third-order valence-electron chi connectivity index (χ3n) is 3.60. The second kappa shape index (κ2) is 9.84. The van der Waals surface area contributed by atoms with E-state index in [0.717, 1.165) is 30.2 Å². The summed E-state index contributed by atoms with van der Waals surface area (Å²) in [5.41, 5.74) is 1.92. The first-order valence-electron chi connectivity index (χ1n) is 8.49. The topological polar surface area (TPSA) is 65.5 Å². The summed E-state index contributed by atoms with van der Waals surface area (Å²) in [5.74, 6) is 0.808. The first kappa shape index (κ1) is 19.0. The summed E-state index contributed by atoms with van der Waals surface area (Å²) in [7, 11) is 1.76. The lowest BCUT2D eigenvalue weighted by molar-refractivity contribution is -0.116. The average Bonchev–Trinajstić information content (AvgIpc) is 3.01. The molecule has 25 heavy (non-hydrogen) atoms. The zero-order valence-electron chi connectivity index (χ0n) is 15.1. The first-order chi connectivity index (χ1) is 12.1. The van der Waals surface area contributed by atoms with E-state index in [1.807, 2.05) is 31.2 Å². The zero-order chi connectivity index (χ0) is 18.1. The van der Waals surface area contributed by atoms with E-state index in [-0.39, 0.29) is 5.91 Å². The smallest absolute Gasteiger partial charge is 0.224 e. The minimum atomic E-state index is 0.0522. The number of carbonyl (C=O) groups is 1. The van der Waals surface area contributed by atoms with Gasteiger partial charge in [-0.15, -0.1) is 11.3 Å². The van der Waals surface area contributed by atoms with Crippen LogP contribution in [0.4, 0.5) is 5.69 Å². The number of benzene rings is 1. The van der Waals surface area contributed by atoms with Gasteiger partial charge in [-0.2, -0.15) is 0 Å². The molecule has 1 aromatic carbocycles. The van der Waals surface area contributed by atoms with E-state index in [1.165, 1.54) is 9.75 Å². The Morgan fingerprint density at radius 3 is 2.64 bits per heavy atom. The fraction of sp³-hybridized carbons (Fsp3) is 0.368. The summed E-state index contributed by atoms with van der Waals surface area (Å²) >= 11 is 1.78. The van der Waals surface area contributed by atoms with Gasteiger partial charge in [0.05, 0.1) is 6.54 Å². The third-order valence-corrected chi connectivity index (χ3v) is 4.60. The number of hydrogen-bond donors (Lipinski definition) is 3. The Balaban J connectivity index is 1.85. The number of amides is 1. The highest BCUT2D eigenvalue weighted by atomic mass is 32.1. The molecule has 0 saturated carbocycles. The predicted molar refractivity (Wildman–Crippen MR) is 106 cm³/mol. The number of anilines is 1. The average molecular weight is 359 g/mol. The highest BCUT2D eigenvalue weighted by Gasteiger charge is 2.03. The summed E-state index contributed by atoms with van der Waals surface area (Å²) in [5, 5.41) is 9.53. The maximum Gasteiger partial charge on any atom is 0.224 e. The van der Waals surface area contributed by atoms with Crippen molar-refractivity contribution in [3.05, 3.63) is 51.7 Å². The minimum absolute atomic E-state index is 0.0522. The van der Waals surface area contributed by atoms with Crippen molar-refractivity contribution in [1.82, 2.24) is 10.6 Å². The molecule has 6 heteroatoms. The van der Waals surface area contributed by atoms with Crippen LogP contribution in [0.15, 0.2) is 41.4 Å². The van der Waals surface area contributed by atoms with E-state index in [2.05, 4.69) is 40.0 Å². The summed E-state index contributed by atoms with van der Waals surface area (Å²) in [6.07, 6.45) is 1.39. The van der Waals surface area contributed by atoms with Crippen molar-refractivity contribution in [3.8, 4) is 0 Å². The van der Waals surface area contributed by atoms with E-state index < -0.39 is 0 Å². The number of aliphatic imine (C=N–C) groups is 1. The van der Waals surface area contributed by atoms with Crippen LogP contribution in [0.3, 0.4) is 0 Å². The summed E-state index contributed by atoms with van der Waals surface area (Å²) < 4.78 is 0. The van der Waals surface area contributed by atoms with Crippen molar-refractivity contribution in [2.75, 3.05) is 12.4 Å². The number of thiophene rings is 1. The largest absolute Gasteiger partial charge is 0.352 e. The molecule has 0 fully saturated rings. The molecule has 1 aromatic heterocycles. The van der Waals surface area contributed by atoms with Crippen LogP contribution in [0.2, 0.25) is 0 Å². The molecule has 0 radical (unpaired) electrons. The normalized spacial score (nSPS) is 11.2. The molecule has 0 atom stereocenters. The molecule has 3 N–H and O–H groups in total. The van der Waals surface area contributed by atoms with E-state index in [1.54, 1.807) is 18.4 Å². The summed E-state index contributed by atoms with van der Waals surface area (Å²) in [6.45, 7) is 5.50. The highest BCUT2D eigenvalue weighted by Crippen LogP contribution is 2.14. The van der Waals surface area contributed by atoms with Gasteiger partial charge in [-0.3, -0.25) is 9.79 Å². The van der Waals surface area contributed by atoms with Crippen molar-refractivity contribution in [2.45, 2.75) is 39.8 Å². The quantitative estimate of drug-likeness (QED) is 0.523. The number of rotatable bonds is 7. The maximum absolute atomic E-state index is 11.7. The van der Waals surface area contributed by atoms with Crippen LogP contribution in [0, 0.1) is 6.92 Å². The SMILES string of the molecule is CCCC(=O)Nc1cccc(CNC(=NC)NCc2ccc(C)s2)c1. The lowest BCUT2D eigenvalue weighted by Crippen LogP contribution is -2.36. The number of nitrogens with one attached hydrogen (secondary N) is 3. The number of guanidine groups is 1. The highest BCUT2D eigenvalue weighted by molar-refractivity contribution is 7.11. The van der Waals surface area contributed by atoms with Gasteiger partial charge < -0.3 is 16.0 Å². The Morgan fingerprint density at radius 1 is 1.16 bits per heavy atom. The molecule has 0 aliphatic heterocycles. The standard InChI is InChI=1S/C19H26N4OS/c1-4-6-18(24)23-16-8-5-7-15(11-16)12-21-19(20-3)22-13-17-10-9-14(2)25-17/h5,7-11H,4,6,12-13H2,1-3H3,(H,23,24)(H2,20,21,22). The zero-order valence-corrected chi connectivity index (χ0v) is 15.9. The molecule has 2 aromatic rings. The molecule has 0 saturated heterocycles. The van der Waals surface area contributed by atoms with Gasteiger partial charge in [-0.1, -0.05) is 19.1 Å². The van der Waals surface area contributed by atoms with Gasteiger partial charge in [0, 0.05) is 35.5 Å². The first-order valence-corrected chi connectivity index (χ1v) is 9.31. The van der Waals surface area contributed by atoms with Crippen molar-refractivity contribution in [2.24, 2.45) is 4.99 Å². The fourth-order valence-electron chi connectivity index (χ4n) is 2.37. The maximum atomic E-state index is 11.7. The lowest BCUT2D eigenvalue weighted by Gasteiger charge is -2.12. The van der Waals surface area contributed by atoms with Crippen LogP contribution < -0.4 is 16.0 Å². The molecular weight excluding hydrogens is 332 g/mol. The predicted octanol–water partition coefficient (Wildman–Crippen LogP) is 3.66. The molecule has 0 unspecified atom stereocenters. The molecule has 2 rings (SSSR count). The van der Waals surface area contributed by atoms with Crippen LogP contribution in [0.25, 0.3) is 0 Å². The number of aryl methyl sites for hydroxylation is 1. The van der Waals surface area contributed by atoms with Gasteiger partial charge in [0.25, 0.3) is 0 Å². The Labute approximate surface area is 153 Å². The minimum Gasteiger partial charge on any atom is -0.352 e. The molecule has 1 heterocycles. The molecule has 134 valence electrons. The van der Waals surface area contributed by atoms with Crippen molar-refractivity contribution >= 4 is 28.9 Å².